The average Bonchev–Trinajstić information content (AvgIpc) is 3.09. The first-order valence-electron chi connectivity index (χ1n) is 19.5. The van der Waals surface area contributed by atoms with Gasteiger partial charge in [-0.05, 0) is 70.3 Å². The highest BCUT2D eigenvalue weighted by atomic mass is 31.2. The maximum Gasteiger partial charge on any atom is 0.469 e. The van der Waals surface area contributed by atoms with Gasteiger partial charge >= 0.3 is 19.8 Å². The summed E-state index contributed by atoms with van der Waals surface area (Å²) in [7, 11) is -4.82. The lowest BCUT2D eigenvalue weighted by atomic mass is 10.1. The van der Waals surface area contributed by atoms with Crippen LogP contribution in [0.25, 0.3) is 0 Å². The minimum atomic E-state index is -4.82. The van der Waals surface area contributed by atoms with Crippen molar-refractivity contribution in [1.82, 2.24) is 0 Å². The smallest absolute Gasteiger partial charge is 0.462 e. The van der Waals surface area contributed by atoms with Crippen molar-refractivity contribution in [2.75, 3.05) is 13.2 Å². The normalized spacial score (nSPS) is 13.0. The van der Waals surface area contributed by atoms with Crippen LogP contribution < -0.4 is 0 Å². The minimum absolute atomic E-state index is 0.0808. The van der Waals surface area contributed by atoms with E-state index in [0.717, 1.165) is 57.8 Å². The van der Waals surface area contributed by atoms with E-state index in [2.05, 4.69) is 54.8 Å². The molecule has 292 valence electrons. The van der Waals surface area contributed by atoms with E-state index in [0.29, 0.717) is 6.42 Å². The minimum Gasteiger partial charge on any atom is -0.462 e. The second-order valence-electron chi connectivity index (χ2n) is 12.9. The molecule has 0 aromatic heterocycles. The molecule has 0 aromatic carbocycles. The highest BCUT2D eigenvalue weighted by Gasteiger charge is 2.23. The van der Waals surface area contributed by atoms with Gasteiger partial charge < -0.3 is 19.3 Å². The number of allylic oxidation sites excluding steroid dienone is 10. The van der Waals surface area contributed by atoms with Crippen LogP contribution in [0.3, 0.4) is 0 Å². The molecular weight excluding hydrogens is 667 g/mol. The van der Waals surface area contributed by atoms with Crippen LogP contribution in [-0.4, -0.2) is 46.8 Å². The monoisotopic (exact) mass is 736 g/mol. The van der Waals surface area contributed by atoms with Gasteiger partial charge in [0, 0.05) is 19.3 Å². The van der Waals surface area contributed by atoms with Crippen LogP contribution in [0, 0.1) is 0 Å². The van der Waals surface area contributed by atoms with Gasteiger partial charge in [0.15, 0.2) is 11.9 Å². The molecule has 0 saturated carbocycles. The molecule has 1 atom stereocenters. The summed E-state index contributed by atoms with van der Waals surface area (Å²) in [5.74, 6) is -1.29. The third-order valence-corrected chi connectivity index (χ3v) is 8.47. The molecule has 2 N–H and O–H groups in total. The quantitative estimate of drug-likeness (QED) is 0.0163. The Hall–Kier alpha value is -2.58. The predicted molar refractivity (Wildman–Crippen MR) is 207 cm³/mol. The largest absolute Gasteiger partial charge is 0.469 e. The average molecular weight is 737 g/mol. The van der Waals surface area contributed by atoms with Crippen molar-refractivity contribution < 1.29 is 42.7 Å². The van der Waals surface area contributed by atoms with E-state index >= 15 is 0 Å². The van der Waals surface area contributed by atoms with Gasteiger partial charge in [0.25, 0.3) is 0 Å². The topological polar surface area (TPSA) is 136 Å². The molecule has 10 heteroatoms. The van der Waals surface area contributed by atoms with Crippen LogP contribution in [0.5, 0.6) is 0 Å². The van der Waals surface area contributed by atoms with Gasteiger partial charge in [0.05, 0.1) is 6.61 Å². The van der Waals surface area contributed by atoms with Crippen LogP contribution in [0.1, 0.15) is 162 Å². The Morgan fingerprint density at radius 3 is 1.73 bits per heavy atom. The molecule has 0 aromatic rings. The van der Waals surface area contributed by atoms with Crippen LogP contribution in [-0.2, 0) is 32.9 Å². The lowest BCUT2D eigenvalue weighted by Gasteiger charge is -2.18. The number of ketones is 1. The van der Waals surface area contributed by atoms with Crippen LogP contribution >= 0.6 is 7.82 Å². The molecule has 0 amide bonds. The van der Waals surface area contributed by atoms with E-state index < -0.39 is 32.5 Å². The van der Waals surface area contributed by atoms with Gasteiger partial charge in [-0.1, -0.05) is 133 Å². The van der Waals surface area contributed by atoms with E-state index in [4.69, 9.17) is 19.3 Å². The molecule has 0 rings (SSSR count). The molecule has 0 radical (unpaired) electrons. The molecule has 0 aliphatic heterocycles. The summed E-state index contributed by atoms with van der Waals surface area (Å²) in [5.41, 5.74) is 0. The summed E-state index contributed by atoms with van der Waals surface area (Å²) < 4.78 is 26.1. The van der Waals surface area contributed by atoms with E-state index in [1.807, 2.05) is 12.2 Å². The summed E-state index contributed by atoms with van der Waals surface area (Å²) in [5, 5.41) is 0. The van der Waals surface area contributed by atoms with Gasteiger partial charge in [-0.2, -0.15) is 0 Å². The third kappa shape index (κ3) is 38.5. The Morgan fingerprint density at radius 1 is 0.569 bits per heavy atom. The molecule has 0 saturated heterocycles. The molecule has 9 nitrogen and oxygen atoms in total. The number of phosphoric acid groups is 1. The fourth-order valence-electron chi connectivity index (χ4n) is 5.03. The van der Waals surface area contributed by atoms with Gasteiger partial charge in [0.2, 0.25) is 0 Å². The lowest BCUT2D eigenvalue weighted by molar-refractivity contribution is -0.161. The summed E-state index contributed by atoms with van der Waals surface area (Å²) in [6.45, 7) is 3.42. The van der Waals surface area contributed by atoms with Crippen molar-refractivity contribution in [2.45, 2.75) is 168 Å². The zero-order valence-corrected chi connectivity index (χ0v) is 32.6. The van der Waals surface area contributed by atoms with Crippen LogP contribution in [0.2, 0.25) is 0 Å². The SMILES string of the molecule is CCCCC/C=C\C/C=C\C/C=C\C=C\C(=O)CCCC(=O)O[C@H](COC(=O)CCCCCCC/C=C\CCCCCCCC)COP(=O)(O)O. The van der Waals surface area contributed by atoms with Crippen molar-refractivity contribution >= 4 is 25.5 Å². The van der Waals surface area contributed by atoms with Crippen LogP contribution in [0.15, 0.2) is 60.8 Å². The van der Waals surface area contributed by atoms with Gasteiger partial charge in [-0.15, -0.1) is 0 Å². The molecule has 0 fully saturated rings. The highest BCUT2D eigenvalue weighted by Crippen LogP contribution is 2.36. The number of carbonyl (C=O) groups excluding carboxylic acids is 3. The van der Waals surface area contributed by atoms with Gasteiger partial charge in [0.1, 0.15) is 6.61 Å². The number of hydrogen-bond acceptors (Lipinski definition) is 7. The maximum absolute atomic E-state index is 12.4. The zero-order valence-electron chi connectivity index (χ0n) is 31.7. The van der Waals surface area contributed by atoms with E-state index in [-0.39, 0.29) is 38.1 Å². The molecule has 0 aliphatic carbocycles. The number of carbonyl (C=O) groups is 3. The van der Waals surface area contributed by atoms with Gasteiger partial charge in [-0.3, -0.25) is 18.9 Å². The Bertz CT molecular complexity index is 1070. The van der Waals surface area contributed by atoms with E-state index in [1.54, 1.807) is 6.08 Å². The second kappa shape index (κ2) is 35.8. The standard InChI is InChI=1S/C41H69O9P/c1-3-5-7-9-11-13-15-17-18-20-22-24-26-28-30-34-40(43)48-36-39(37-49-51(45,46)47)50-41(44)35-31-33-38(42)32-29-27-25-23-21-19-16-14-12-10-8-6-4-2/h12,14,17-19,21,25,27,29,32,39H,3-11,13,15-16,20,22-24,26,28,30-31,33-37H2,1-2H3,(H2,45,46,47)/b14-12-,18-17-,21-19-,27-25-,32-29+/t39-/m1/s1. The fraction of sp³-hybridized carbons (Fsp3) is 0.683. The first kappa shape index (κ1) is 48.4. The van der Waals surface area contributed by atoms with Crippen molar-refractivity contribution in [3.8, 4) is 0 Å². The second-order valence-corrected chi connectivity index (χ2v) is 14.2. The molecule has 51 heavy (non-hydrogen) atoms. The van der Waals surface area contributed by atoms with E-state index in [1.165, 1.54) is 63.9 Å². The molecule has 0 spiro atoms. The zero-order chi connectivity index (χ0) is 37.7. The molecular formula is C41H69O9P. The number of esters is 2. The summed E-state index contributed by atoms with van der Waals surface area (Å²) in [4.78, 5) is 54.8. The first-order valence-corrected chi connectivity index (χ1v) is 21.1. The highest BCUT2D eigenvalue weighted by molar-refractivity contribution is 7.46. The number of hydrogen-bond donors (Lipinski definition) is 2. The first-order chi connectivity index (χ1) is 24.7. The fourth-order valence-corrected chi connectivity index (χ4v) is 5.39. The van der Waals surface area contributed by atoms with E-state index in [9.17, 15) is 18.9 Å². The Morgan fingerprint density at radius 2 is 1.08 bits per heavy atom. The Kier molecular flexibility index (Phi) is 34.0. The van der Waals surface area contributed by atoms with Gasteiger partial charge in [-0.25, -0.2) is 4.57 Å². The summed E-state index contributed by atoms with van der Waals surface area (Å²) in [6.07, 6.45) is 40.9. The third-order valence-electron chi connectivity index (χ3n) is 7.99. The van der Waals surface area contributed by atoms with Crippen molar-refractivity contribution in [3.63, 3.8) is 0 Å². The molecule has 0 bridgehead atoms. The van der Waals surface area contributed by atoms with Crippen molar-refractivity contribution in [2.24, 2.45) is 0 Å². The summed E-state index contributed by atoms with van der Waals surface area (Å²) >= 11 is 0. The Labute approximate surface area is 309 Å². The summed E-state index contributed by atoms with van der Waals surface area (Å²) in [6, 6.07) is 0. The molecule has 0 heterocycles. The predicted octanol–water partition coefficient (Wildman–Crippen LogP) is 10.9. The molecule has 0 unspecified atom stereocenters. The number of phosphoric ester groups is 1. The Balaban J connectivity index is 4.19. The number of rotatable bonds is 35. The number of ether oxygens (including phenoxy) is 2. The molecule has 0 aliphatic rings. The maximum atomic E-state index is 12.4. The lowest BCUT2D eigenvalue weighted by Crippen LogP contribution is -2.29. The van der Waals surface area contributed by atoms with Crippen molar-refractivity contribution in [3.05, 3.63) is 60.8 Å². The number of unbranched alkanes of at least 4 members (excludes halogenated alkanes) is 14. The van der Waals surface area contributed by atoms with Crippen molar-refractivity contribution in [1.29, 1.82) is 0 Å². The van der Waals surface area contributed by atoms with Crippen LogP contribution in [0.4, 0.5) is 0 Å².